The molecule has 1 aromatic heterocycles. The first-order valence-electron chi connectivity index (χ1n) is 8.47. The van der Waals surface area contributed by atoms with Crippen LogP contribution >= 0.6 is 0 Å². The first kappa shape index (κ1) is 17.4. The Hall–Kier alpha value is -2.47. The summed E-state index contributed by atoms with van der Waals surface area (Å²) in [5.41, 5.74) is 2.67. The van der Waals surface area contributed by atoms with E-state index in [4.69, 9.17) is 9.47 Å². The van der Waals surface area contributed by atoms with Gasteiger partial charge in [0.25, 0.3) is 5.91 Å². The van der Waals surface area contributed by atoms with E-state index >= 15 is 0 Å². The molecule has 3 rings (SSSR count). The van der Waals surface area contributed by atoms with E-state index in [-0.39, 0.29) is 18.6 Å². The maximum atomic E-state index is 12.4. The average Bonchev–Trinajstić information content (AvgIpc) is 3.11. The molecule has 0 unspecified atom stereocenters. The van der Waals surface area contributed by atoms with Crippen molar-refractivity contribution >= 4 is 22.8 Å². The van der Waals surface area contributed by atoms with Crippen LogP contribution in [-0.2, 0) is 14.3 Å². The van der Waals surface area contributed by atoms with Crippen LogP contribution in [0.1, 0.15) is 34.5 Å². The molecule has 1 saturated heterocycles. The molecule has 0 bridgehead atoms. The number of carbonyl (C=O) groups excluding carboxylic acids is 2. The molecule has 25 heavy (non-hydrogen) atoms. The van der Waals surface area contributed by atoms with Crippen molar-refractivity contribution in [2.75, 3.05) is 19.8 Å². The highest BCUT2D eigenvalue weighted by molar-refractivity contribution is 5.99. The van der Waals surface area contributed by atoms with E-state index in [1.165, 1.54) is 0 Å². The van der Waals surface area contributed by atoms with Crippen LogP contribution in [0.5, 0.6) is 0 Å². The van der Waals surface area contributed by atoms with Gasteiger partial charge in [0.1, 0.15) is 0 Å². The number of esters is 1. The molecular formula is C19H22N2O4. The Labute approximate surface area is 146 Å². The Kier molecular flexibility index (Phi) is 5.28. The van der Waals surface area contributed by atoms with Gasteiger partial charge in [0.05, 0.1) is 22.9 Å². The van der Waals surface area contributed by atoms with Crippen molar-refractivity contribution in [3.63, 3.8) is 0 Å². The van der Waals surface area contributed by atoms with Gasteiger partial charge in [0.2, 0.25) is 0 Å². The SMILES string of the molecule is Cc1nc2ccccc2c(C)c1C(=O)OCC(=O)NC[C@@H]1CCCO1. The number of ether oxygens (including phenoxy) is 2. The van der Waals surface area contributed by atoms with Crippen molar-refractivity contribution in [1.82, 2.24) is 10.3 Å². The number of hydrogen-bond acceptors (Lipinski definition) is 5. The highest BCUT2D eigenvalue weighted by atomic mass is 16.5. The molecular weight excluding hydrogens is 320 g/mol. The number of benzene rings is 1. The molecule has 1 aromatic carbocycles. The summed E-state index contributed by atoms with van der Waals surface area (Å²) >= 11 is 0. The van der Waals surface area contributed by atoms with Gasteiger partial charge >= 0.3 is 5.97 Å². The van der Waals surface area contributed by atoms with E-state index in [0.29, 0.717) is 17.8 Å². The highest BCUT2D eigenvalue weighted by Crippen LogP contribution is 2.23. The van der Waals surface area contributed by atoms with Gasteiger partial charge in [-0.2, -0.15) is 0 Å². The van der Waals surface area contributed by atoms with E-state index in [0.717, 1.165) is 35.9 Å². The van der Waals surface area contributed by atoms with Crippen LogP contribution in [0.3, 0.4) is 0 Å². The van der Waals surface area contributed by atoms with Gasteiger partial charge in [-0.05, 0) is 38.3 Å². The summed E-state index contributed by atoms with van der Waals surface area (Å²) in [7, 11) is 0. The molecule has 1 N–H and O–H groups in total. The Bertz CT molecular complexity index is 797. The summed E-state index contributed by atoms with van der Waals surface area (Å²) in [6, 6.07) is 7.63. The Morgan fingerprint density at radius 2 is 2.12 bits per heavy atom. The summed E-state index contributed by atoms with van der Waals surface area (Å²) in [6.45, 7) is 4.52. The Morgan fingerprint density at radius 1 is 1.32 bits per heavy atom. The van der Waals surface area contributed by atoms with Crippen LogP contribution in [0.4, 0.5) is 0 Å². The van der Waals surface area contributed by atoms with Gasteiger partial charge in [-0.15, -0.1) is 0 Å². The van der Waals surface area contributed by atoms with Gasteiger partial charge < -0.3 is 14.8 Å². The molecule has 1 fully saturated rings. The molecule has 0 saturated carbocycles. The molecule has 0 radical (unpaired) electrons. The number of aromatic nitrogens is 1. The van der Waals surface area contributed by atoms with Crippen LogP contribution in [0.2, 0.25) is 0 Å². The zero-order valence-corrected chi connectivity index (χ0v) is 14.5. The minimum atomic E-state index is -0.527. The van der Waals surface area contributed by atoms with Crippen LogP contribution in [0.15, 0.2) is 24.3 Å². The highest BCUT2D eigenvalue weighted by Gasteiger charge is 2.20. The van der Waals surface area contributed by atoms with E-state index in [2.05, 4.69) is 10.3 Å². The lowest BCUT2D eigenvalue weighted by molar-refractivity contribution is -0.124. The third-order valence-corrected chi connectivity index (χ3v) is 4.42. The van der Waals surface area contributed by atoms with E-state index in [1.807, 2.05) is 31.2 Å². The quantitative estimate of drug-likeness (QED) is 0.844. The number of carbonyl (C=O) groups is 2. The molecule has 6 nitrogen and oxygen atoms in total. The van der Waals surface area contributed by atoms with Crippen molar-refractivity contribution in [2.45, 2.75) is 32.8 Å². The molecule has 132 valence electrons. The zero-order chi connectivity index (χ0) is 17.8. The van der Waals surface area contributed by atoms with Crippen molar-refractivity contribution < 1.29 is 19.1 Å². The van der Waals surface area contributed by atoms with Crippen LogP contribution < -0.4 is 5.32 Å². The van der Waals surface area contributed by atoms with Crippen molar-refractivity contribution in [3.05, 3.63) is 41.1 Å². The predicted molar refractivity (Wildman–Crippen MR) is 93.5 cm³/mol. The van der Waals surface area contributed by atoms with Crippen molar-refractivity contribution in [2.24, 2.45) is 0 Å². The van der Waals surface area contributed by atoms with E-state index < -0.39 is 5.97 Å². The van der Waals surface area contributed by atoms with E-state index in [9.17, 15) is 9.59 Å². The third kappa shape index (κ3) is 3.96. The Morgan fingerprint density at radius 3 is 2.88 bits per heavy atom. The normalized spacial score (nSPS) is 16.8. The third-order valence-electron chi connectivity index (χ3n) is 4.42. The fourth-order valence-corrected chi connectivity index (χ4v) is 3.12. The topological polar surface area (TPSA) is 77.5 Å². The number of nitrogens with zero attached hydrogens (tertiary/aromatic N) is 1. The van der Waals surface area contributed by atoms with Crippen molar-refractivity contribution in [1.29, 1.82) is 0 Å². The Balaban J connectivity index is 1.63. The lowest BCUT2D eigenvalue weighted by atomic mass is 10.0. The molecule has 1 aliphatic heterocycles. The first-order valence-corrected chi connectivity index (χ1v) is 8.47. The molecule has 1 aliphatic rings. The largest absolute Gasteiger partial charge is 0.452 e. The maximum absolute atomic E-state index is 12.4. The molecule has 2 heterocycles. The predicted octanol–water partition coefficient (Wildman–Crippen LogP) is 2.30. The molecule has 6 heteroatoms. The minimum absolute atomic E-state index is 0.0637. The fourth-order valence-electron chi connectivity index (χ4n) is 3.12. The molecule has 0 aliphatic carbocycles. The van der Waals surface area contributed by atoms with Crippen LogP contribution in [-0.4, -0.2) is 42.7 Å². The number of fused-ring (bicyclic) bond motifs is 1. The number of rotatable bonds is 5. The van der Waals surface area contributed by atoms with Gasteiger partial charge in [0, 0.05) is 18.5 Å². The standard InChI is InChI=1S/C19H22N2O4/c1-12-15-7-3-4-8-16(15)21-13(2)18(12)19(23)25-11-17(22)20-10-14-6-5-9-24-14/h3-4,7-8,14H,5-6,9-11H2,1-2H3,(H,20,22)/t14-/m0/s1. The number of para-hydroxylation sites is 1. The molecule has 2 aromatic rings. The average molecular weight is 342 g/mol. The lowest BCUT2D eigenvalue weighted by Gasteiger charge is -2.13. The number of aryl methyl sites for hydroxylation is 2. The second-order valence-corrected chi connectivity index (χ2v) is 6.23. The van der Waals surface area contributed by atoms with Crippen molar-refractivity contribution in [3.8, 4) is 0 Å². The second kappa shape index (κ2) is 7.61. The van der Waals surface area contributed by atoms with Gasteiger partial charge in [-0.3, -0.25) is 9.78 Å². The second-order valence-electron chi connectivity index (χ2n) is 6.23. The van der Waals surface area contributed by atoms with Crippen LogP contribution in [0, 0.1) is 13.8 Å². The number of nitrogens with one attached hydrogen (secondary N) is 1. The summed E-state index contributed by atoms with van der Waals surface area (Å²) in [5.74, 6) is -0.853. The summed E-state index contributed by atoms with van der Waals surface area (Å²) < 4.78 is 10.6. The summed E-state index contributed by atoms with van der Waals surface area (Å²) in [4.78, 5) is 28.7. The smallest absolute Gasteiger partial charge is 0.340 e. The number of hydrogen-bond donors (Lipinski definition) is 1. The minimum Gasteiger partial charge on any atom is -0.452 e. The first-order chi connectivity index (χ1) is 12.1. The lowest BCUT2D eigenvalue weighted by Crippen LogP contribution is -2.35. The number of pyridine rings is 1. The van der Waals surface area contributed by atoms with Gasteiger partial charge in [-0.1, -0.05) is 18.2 Å². The van der Waals surface area contributed by atoms with Crippen LogP contribution in [0.25, 0.3) is 10.9 Å². The monoisotopic (exact) mass is 342 g/mol. The molecule has 1 amide bonds. The molecule has 1 atom stereocenters. The van der Waals surface area contributed by atoms with E-state index in [1.54, 1.807) is 6.92 Å². The zero-order valence-electron chi connectivity index (χ0n) is 14.5. The molecule has 0 spiro atoms. The maximum Gasteiger partial charge on any atom is 0.340 e. The van der Waals surface area contributed by atoms with Gasteiger partial charge in [-0.25, -0.2) is 4.79 Å². The fraction of sp³-hybridized carbons (Fsp3) is 0.421. The van der Waals surface area contributed by atoms with Gasteiger partial charge in [0.15, 0.2) is 6.61 Å². The summed E-state index contributed by atoms with van der Waals surface area (Å²) in [5, 5.41) is 3.64. The number of amides is 1. The summed E-state index contributed by atoms with van der Waals surface area (Å²) in [6.07, 6.45) is 2.03.